The van der Waals surface area contributed by atoms with Crippen molar-refractivity contribution in [2.24, 2.45) is 0 Å². The van der Waals surface area contributed by atoms with Gasteiger partial charge in [0, 0.05) is 10.8 Å². The molecule has 1 heterocycles. The van der Waals surface area contributed by atoms with E-state index >= 15 is 0 Å². The van der Waals surface area contributed by atoms with E-state index in [1.165, 1.54) is 0 Å². The average molecular weight is 260 g/mol. The Labute approximate surface area is 120 Å². The maximum Gasteiger partial charge on any atom is 0.136 e. The van der Waals surface area contributed by atoms with Crippen LogP contribution < -0.4 is 0 Å². The van der Waals surface area contributed by atoms with Crippen molar-refractivity contribution >= 4 is 21.9 Å². The van der Waals surface area contributed by atoms with Gasteiger partial charge in [0.2, 0.25) is 0 Å². The Kier molecular flexibility index (Phi) is 1.99. The molecule has 0 aliphatic heterocycles. The molecule has 0 saturated carbocycles. The van der Waals surface area contributed by atoms with Gasteiger partial charge in [0.1, 0.15) is 11.2 Å². The fourth-order valence-corrected chi connectivity index (χ4v) is 2.68. The van der Waals surface area contributed by atoms with E-state index in [-0.39, 0.29) is 0 Å². The largest absolute Gasteiger partial charge is 0.456 e. The second-order valence-corrected chi connectivity index (χ2v) is 4.95. The second-order valence-electron chi connectivity index (χ2n) is 4.95. The van der Waals surface area contributed by atoms with Crippen molar-refractivity contribution in [3.63, 3.8) is 0 Å². The van der Waals surface area contributed by atoms with Gasteiger partial charge >= 0.3 is 0 Å². The van der Waals surface area contributed by atoms with Crippen LogP contribution in [0.2, 0.25) is 0 Å². The highest BCUT2D eigenvalue weighted by atomic mass is 16.3. The van der Waals surface area contributed by atoms with Gasteiger partial charge < -0.3 is 4.42 Å². The summed E-state index contributed by atoms with van der Waals surface area (Å²) in [7, 11) is 0. The van der Waals surface area contributed by atoms with Crippen LogP contribution in [0, 0.1) is 6.92 Å². The van der Waals surface area contributed by atoms with Gasteiger partial charge in [-0.1, -0.05) is 54.6 Å². The number of para-hydroxylation sites is 1. The van der Waals surface area contributed by atoms with Gasteiger partial charge in [0.15, 0.2) is 0 Å². The number of aryl methyl sites for hydroxylation is 1. The highest BCUT2D eigenvalue weighted by Gasteiger charge is 2.10. The minimum absolute atomic E-state index is 0.355. The summed E-state index contributed by atoms with van der Waals surface area (Å²) in [6.07, 6.45) is 0. The number of fused-ring (bicyclic) bond motifs is 3. The molecule has 4 aromatic rings. The summed E-state index contributed by atoms with van der Waals surface area (Å²) < 4.78 is 22.4. The van der Waals surface area contributed by atoms with Crippen LogP contribution in [0.4, 0.5) is 0 Å². The van der Waals surface area contributed by atoms with E-state index in [9.17, 15) is 0 Å². The average Bonchev–Trinajstić information content (AvgIpc) is 2.94. The van der Waals surface area contributed by atoms with Crippen molar-refractivity contribution in [1.29, 1.82) is 0 Å². The normalized spacial score (nSPS) is 12.7. The SMILES string of the molecule is [2H]c1cccc2c1oc1c([2H])c(-c3ccccc3)cc(C)c12. The van der Waals surface area contributed by atoms with Gasteiger partial charge in [0.25, 0.3) is 0 Å². The molecule has 0 atom stereocenters. The molecule has 0 fully saturated rings. The molecule has 20 heavy (non-hydrogen) atoms. The van der Waals surface area contributed by atoms with Crippen LogP contribution in [-0.4, -0.2) is 0 Å². The molecular formula is C19H14O. The lowest BCUT2D eigenvalue weighted by atomic mass is 10.00. The van der Waals surface area contributed by atoms with E-state index < -0.39 is 0 Å². The molecule has 4 rings (SSSR count). The molecule has 1 heteroatoms. The predicted octanol–water partition coefficient (Wildman–Crippen LogP) is 5.56. The second kappa shape index (κ2) is 4.24. The summed E-state index contributed by atoms with van der Waals surface area (Å²) in [4.78, 5) is 0. The topological polar surface area (TPSA) is 13.1 Å². The Morgan fingerprint density at radius 1 is 0.900 bits per heavy atom. The standard InChI is InChI=1S/C19H14O/c1-13-11-15(14-7-3-2-4-8-14)12-18-19(13)16-9-5-6-10-17(16)20-18/h2-12H,1H3/i10D,12D. The molecule has 0 radical (unpaired) electrons. The van der Waals surface area contributed by atoms with Crippen LogP contribution in [0.25, 0.3) is 33.1 Å². The molecule has 1 aromatic heterocycles. The molecule has 0 unspecified atom stereocenters. The summed E-state index contributed by atoms with van der Waals surface area (Å²) in [6.45, 7) is 2.03. The molecule has 3 aromatic carbocycles. The van der Waals surface area contributed by atoms with Crippen LogP contribution >= 0.6 is 0 Å². The molecule has 0 N–H and O–H groups in total. The highest BCUT2D eigenvalue weighted by molar-refractivity contribution is 6.07. The molecule has 1 nitrogen and oxygen atoms in total. The number of benzene rings is 3. The van der Waals surface area contributed by atoms with Gasteiger partial charge in [-0.2, -0.15) is 0 Å². The van der Waals surface area contributed by atoms with E-state index in [0.717, 1.165) is 27.5 Å². The lowest BCUT2D eigenvalue weighted by Crippen LogP contribution is -1.80. The maximum absolute atomic E-state index is 8.52. The molecule has 0 aliphatic carbocycles. The fraction of sp³-hybridized carbons (Fsp3) is 0.0526. The van der Waals surface area contributed by atoms with Crippen molar-refractivity contribution in [2.45, 2.75) is 6.92 Å². The molecule has 0 saturated heterocycles. The van der Waals surface area contributed by atoms with Crippen molar-refractivity contribution < 1.29 is 7.16 Å². The smallest absolute Gasteiger partial charge is 0.136 e. The Bertz CT molecular complexity index is 1000. The Morgan fingerprint density at radius 2 is 1.70 bits per heavy atom. The van der Waals surface area contributed by atoms with Gasteiger partial charge in [0.05, 0.1) is 2.74 Å². The first-order chi connectivity index (χ1) is 10.7. The zero-order chi connectivity index (χ0) is 15.3. The Morgan fingerprint density at radius 3 is 2.55 bits per heavy atom. The van der Waals surface area contributed by atoms with Crippen LogP contribution in [0.15, 0.2) is 71.1 Å². The van der Waals surface area contributed by atoms with Crippen molar-refractivity contribution in [2.75, 3.05) is 0 Å². The maximum atomic E-state index is 8.52. The molecule has 0 bridgehead atoms. The lowest BCUT2D eigenvalue weighted by Gasteiger charge is -2.04. The van der Waals surface area contributed by atoms with Gasteiger partial charge in [-0.15, -0.1) is 0 Å². The summed E-state index contributed by atoms with van der Waals surface area (Å²) in [5, 5.41) is 1.85. The summed E-state index contributed by atoms with van der Waals surface area (Å²) in [5.74, 6) is 0. The van der Waals surface area contributed by atoms with Crippen LogP contribution in [0.5, 0.6) is 0 Å². The van der Waals surface area contributed by atoms with E-state index in [1.54, 1.807) is 6.07 Å². The van der Waals surface area contributed by atoms with Gasteiger partial charge in [-0.3, -0.25) is 0 Å². The molecule has 0 aliphatic rings. The molecular weight excluding hydrogens is 244 g/mol. The number of furan rings is 1. The number of hydrogen-bond donors (Lipinski definition) is 0. The van der Waals surface area contributed by atoms with Crippen LogP contribution in [0.1, 0.15) is 8.30 Å². The predicted molar refractivity (Wildman–Crippen MR) is 83.9 cm³/mol. The van der Waals surface area contributed by atoms with E-state index in [0.29, 0.717) is 23.3 Å². The summed E-state index contributed by atoms with van der Waals surface area (Å²) in [6, 6.07) is 18.2. The first-order valence-electron chi connectivity index (χ1n) is 7.64. The first kappa shape index (κ1) is 9.38. The quantitative estimate of drug-likeness (QED) is 0.436. The van der Waals surface area contributed by atoms with Crippen LogP contribution in [-0.2, 0) is 0 Å². The van der Waals surface area contributed by atoms with Crippen molar-refractivity contribution in [3.05, 3.63) is 72.2 Å². The van der Waals surface area contributed by atoms with Crippen molar-refractivity contribution in [1.82, 2.24) is 0 Å². The molecule has 0 amide bonds. The number of rotatable bonds is 1. The fourth-order valence-electron chi connectivity index (χ4n) is 2.68. The highest BCUT2D eigenvalue weighted by Crippen LogP contribution is 2.34. The minimum Gasteiger partial charge on any atom is -0.456 e. The van der Waals surface area contributed by atoms with Crippen LogP contribution in [0.3, 0.4) is 0 Å². The Balaban J connectivity index is 2.14. The lowest BCUT2D eigenvalue weighted by molar-refractivity contribution is 0.669. The monoisotopic (exact) mass is 260 g/mol. The third-order valence-corrected chi connectivity index (χ3v) is 3.61. The summed E-state index contributed by atoms with van der Waals surface area (Å²) >= 11 is 0. The first-order valence-corrected chi connectivity index (χ1v) is 6.64. The molecule has 0 spiro atoms. The van der Waals surface area contributed by atoms with E-state index in [1.807, 2.05) is 55.5 Å². The zero-order valence-corrected chi connectivity index (χ0v) is 11.1. The zero-order valence-electron chi connectivity index (χ0n) is 13.1. The van der Waals surface area contributed by atoms with Crippen molar-refractivity contribution in [3.8, 4) is 11.1 Å². The van der Waals surface area contributed by atoms with Gasteiger partial charge in [-0.05, 0) is 35.7 Å². The minimum atomic E-state index is 0.355. The van der Waals surface area contributed by atoms with E-state index in [2.05, 4.69) is 0 Å². The Hall–Kier alpha value is -2.54. The summed E-state index contributed by atoms with van der Waals surface area (Å²) in [5.41, 5.74) is 4.04. The third kappa shape index (κ3) is 1.64. The van der Waals surface area contributed by atoms with Gasteiger partial charge in [-0.25, -0.2) is 0 Å². The third-order valence-electron chi connectivity index (χ3n) is 3.61. The number of hydrogen-bond acceptors (Lipinski definition) is 1. The molecule has 96 valence electrons. The van der Waals surface area contributed by atoms with E-state index in [4.69, 9.17) is 7.16 Å².